The lowest BCUT2D eigenvalue weighted by molar-refractivity contribution is -0.118. The van der Waals surface area contributed by atoms with Crippen LogP contribution in [0.25, 0.3) is 11.1 Å². The molecule has 6 nitrogen and oxygen atoms in total. The third-order valence-corrected chi connectivity index (χ3v) is 6.00. The summed E-state index contributed by atoms with van der Waals surface area (Å²) < 4.78 is 17.4. The Balaban J connectivity index is 1.48. The maximum Gasteiger partial charge on any atom is 0.286 e. The van der Waals surface area contributed by atoms with Crippen molar-refractivity contribution < 1.29 is 23.8 Å². The molecule has 4 rings (SSSR count). The summed E-state index contributed by atoms with van der Waals surface area (Å²) in [5.41, 5.74) is 2.93. The van der Waals surface area contributed by atoms with Crippen LogP contribution in [0.4, 0.5) is 4.79 Å². The average Bonchev–Trinajstić information content (AvgIpc) is 3.12. The number of ether oxygens (including phenoxy) is 3. The number of carbonyl (C=O) groups excluding carboxylic acids is 2. The molecule has 1 aliphatic heterocycles. The van der Waals surface area contributed by atoms with Crippen molar-refractivity contribution in [2.75, 3.05) is 13.2 Å². The number of rotatable bonds is 9. The van der Waals surface area contributed by atoms with Gasteiger partial charge in [-0.25, -0.2) is 0 Å². The van der Waals surface area contributed by atoms with Crippen LogP contribution in [-0.4, -0.2) is 29.6 Å². The van der Waals surface area contributed by atoms with E-state index in [9.17, 15) is 9.59 Å². The second-order valence-corrected chi connectivity index (χ2v) is 8.60. The van der Waals surface area contributed by atoms with Gasteiger partial charge in [-0.2, -0.15) is 0 Å². The van der Waals surface area contributed by atoms with Crippen LogP contribution in [0.1, 0.15) is 19.4 Å². The van der Waals surface area contributed by atoms with Crippen molar-refractivity contribution in [1.29, 1.82) is 0 Å². The van der Waals surface area contributed by atoms with E-state index in [1.54, 1.807) is 0 Å². The van der Waals surface area contributed by atoms with Crippen molar-refractivity contribution in [1.82, 2.24) is 5.32 Å². The average molecular weight is 464 g/mol. The molecule has 0 radical (unpaired) electrons. The molecule has 1 N–H and O–H groups in total. The van der Waals surface area contributed by atoms with E-state index >= 15 is 0 Å². The lowest BCUT2D eigenvalue weighted by Gasteiger charge is -2.12. The Morgan fingerprint density at radius 1 is 0.788 bits per heavy atom. The molecule has 1 fully saturated rings. The third kappa shape index (κ3) is 5.87. The van der Waals surface area contributed by atoms with Crippen molar-refractivity contribution in [3.05, 3.63) is 72.3 Å². The lowest BCUT2D eigenvalue weighted by Crippen LogP contribution is -2.25. The molecule has 0 aromatic heterocycles. The highest BCUT2D eigenvalue weighted by molar-refractivity contribution is 8.15. The van der Waals surface area contributed by atoms with Gasteiger partial charge in [-0.3, -0.25) is 14.9 Å². The van der Waals surface area contributed by atoms with Crippen molar-refractivity contribution in [3.63, 3.8) is 0 Å². The molecular weight excluding hydrogens is 438 g/mol. The van der Waals surface area contributed by atoms with Crippen LogP contribution in [0.15, 0.2) is 66.7 Å². The molecule has 0 saturated carbocycles. The van der Waals surface area contributed by atoms with E-state index in [4.69, 9.17) is 14.2 Å². The highest BCUT2D eigenvalue weighted by Crippen LogP contribution is 2.33. The molecule has 1 unspecified atom stereocenters. The predicted molar refractivity (Wildman–Crippen MR) is 129 cm³/mol. The van der Waals surface area contributed by atoms with Crippen molar-refractivity contribution in [2.45, 2.75) is 25.5 Å². The first-order valence-electron chi connectivity index (χ1n) is 10.8. The van der Waals surface area contributed by atoms with Crippen LogP contribution in [0.5, 0.6) is 23.0 Å². The summed E-state index contributed by atoms with van der Waals surface area (Å²) in [5.74, 6) is 2.68. The summed E-state index contributed by atoms with van der Waals surface area (Å²) in [6.45, 7) is 5.06. The van der Waals surface area contributed by atoms with Crippen molar-refractivity contribution in [2.24, 2.45) is 0 Å². The fraction of sp³-hybridized carbons (Fsp3) is 0.231. The van der Waals surface area contributed by atoms with E-state index in [1.807, 2.05) is 80.6 Å². The molecular formula is C26H25NO5S. The summed E-state index contributed by atoms with van der Waals surface area (Å²) in [7, 11) is 0. The number of benzene rings is 3. The first-order valence-corrected chi connectivity index (χ1v) is 11.7. The van der Waals surface area contributed by atoms with Gasteiger partial charge in [-0.1, -0.05) is 36.0 Å². The van der Waals surface area contributed by atoms with Gasteiger partial charge in [0.05, 0.1) is 18.5 Å². The zero-order valence-electron chi connectivity index (χ0n) is 18.5. The third-order valence-electron chi connectivity index (χ3n) is 5.02. The number of imide groups is 1. The minimum atomic E-state index is -0.380. The number of nitrogens with one attached hydrogen (secondary N) is 1. The number of carbonyl (C=O) groups is 2. The maximum absolute atomic E-state index is 11.8. The molecule has 0 aliphatic carbocycles. The normalized spacial score (nSPS) is 15.3. The second kappa shape index (κ2) is 10.4. The van der Waals surface area contributed by atoms with E-state index in [-0.39, 0.29) is 16.4 Å². The molecule has 3 aromatic rings. The minimum absolute atomic E-state index is 0.233. The number of hydrogen-bond acceptors (Lipinski definition) is 6. The van der Waals surface area contributed by atoms with E-state index < -0.39 is 0 Å². The Kier molecular flexibility index (Phi) is 7.19. The Morgan fingerprint density at radius 3 is 2.06 bits per heavy atom. The second-order valence-electron chi connectivity index (χ2n) is 7.42. The van der Waals surface area contributed by atoms with Crippen LogP contribution < -0.4 is 19.5 Å². The topological polar surface area (TPSA) is 73.9 Å². The minimum Gasteiger partial charge on any atom is -0.494 e. The number of thioether (sulfide) groups is 1. The van der Waals surface area contributed by atoms with Gasteiger partial charge < -0.3 is 14.2 Å². The van der Waals surface area contributed by atoms with Gasteiger partial charge in [-0.15, -0.1) is 0 Å². The Hall–Kier alpha value is -3.45. The van der Waals surface area contributed by atoms with Gasteiger partial charge in [0.15, 0.2) is 0 Å². The molecule has 170 valence electrons. The Labute approximate surface area is 197 Å². The Morgan fingerprint density at radius 2 is 1.45 bits per heavy atom. The first-order chi connectivity index (χ1) is 16.0. The molecule has 3 aromatic carbocycles. The molecule has 0 spiro atoms. The lowest BCUT2D eigenvalue weighted by atomic mass is 10.0. The molecule has 1 heterocycles. The van der Waals surface area contributed by atoms with Crippen LogP contribution in [0.2, 0.25) is 0 Å². The van der Waals surface area contributed by atoms with Gasteiger partial charge in [0, 0.05) is 6.07 Å². The summed E-state index contributed by atoms with van der Waals surface area (Å²) >= 11 is 1.03. The van der Waals surface area contributed by atoms with Crippen LogP contribution in [0, 0.1) is 0 Å². The first kappa shape index (κ1) is 22.7. The monoisotopic (exact) mass is 463 g/mol. The highest BCUT2D eigenvalue weighted by Gasteiger charge is 2.31. The smallest absolute Gasteiger partial charge is 0.286 e. The highest BCUT2D eigenvalue weighted by atomic mass is 32.2. The quantitative estimate of drug-likeness (QED) is 0.430. The molecule has 0 bridgehead atoms. The summed E-state index contributed by atoms with van der Waals surface area (Å²) in [6, 6.07) is 21.3. The van der Waals surface area contributed by atoms with Gasteiger partial charge in [0.2, 0.25) is 5.91 Å². The van der Waals surface area contributed by atoms with Gasteiger partial charge in [0.25, 0.3) is 5.24 Å². The molecule has 7 heteroatoms. The van der Waals surface area contributed by atoms with E-state index in [0.29, 0.717) is 31.1 Å². The van der Waals surface area contributed by atoms with Crippen LogP contribution in [-0.2, 0) is 11.2 Å². The zero-order valence-corrected chi connectivity index (χ0v) is 19.3. The van der Waals surface area contributed by atoms with E-state index in [0.717, 1.165) is 40.0 Å². The molecule has 2 amide bonds. The van der Waals surface area contributed by atoms with Gasteiger partial charge in [-0.05, 0) is 73.4 Å². The molecule has 1 saturated heterocycles. The number of amides is 2. The molecule has 1 aliphatic rings. The summed E-state index contributed by atoms with van der Waals surface area (Å²) in [6.07, 6.45) is 0.496. The fourth-order valence-corrected chi connectivity index (χ4v) is 4.41. The number of hydrogen-bond donors (Lipinski definition) is 1. The predicted octanol–water partition coefficient (Wildman–Crippen LogP) is 5.84. The van der Waals surface area contributed by atoms with Crippen LogP contribution in [0.3, 0.4) is 0 Å². The van der Waals surface area contributed by atoms with Crippen molar-refractivity contribution >= 4 is 22.9 Å². The largest absolute Gasteiger partial charge is 0.494 e. The van der Waals surface area contributed by atoms with E-state index in [2.05, 4.69) is 5.32 Å². The van der Waals surface area contributed by atoms with E-state index in [1.165, 1.54) is 0 Å². The van der Waals surface area contributed by atoms with Crippen LogP contribution >= 0.6 is 11.8 Å². The van der Waals surface area contributed by atoms with Gasteiger partial charge >= 0.3 is 0 Å². The zero-order chi connectivity index (χ0) is 23.2. The Bertz CT molecular complexity index is 1120. The maximum atomic E-state index is 11.8. The van der Waals surface area contributed by atoms with Gasteiger partial charge in [0.1, 0.15) is 23.0 Å². The molecule has 1 atom stereocenters. The standard InChI is InChI=1S/C26H25NO5S/c1-3-30-22-14-19(15-23(16-22)31-4-2)18-6-5-7-21(13-18)32-20-10-8-17(9-11-20)12-24-25(28)27-26(29)33-24/h5-11,13-16,24H,3-4,12H2,1-2H3,(H,27,28,29). The fourth-order valence-electron chi connectivity index (χ4n) is 3.55. The summed E-state index contributed by atoms with van der Waals surface area (Å²) in [4.78, 5) is 23.1. The SMILES string of the molecule is CCOc1cc(OCC)cc(-c2cccc(Oc3ccc(CC4SC(=O)NC4=O)cc3)c2)c1. The summed E-state index contributed by atoms with van der Waals surface area (Å²) in [5, 5.41) is 1.65. The molecule has 33 heavy (non-hydrogen) atoms. The van der Waals surface area contributed by atoms with Crippen molar-refractivity contribution in [3.8, 4) is 34.1 Å².